The highest BCUT2D eigenvalue weighted by molar-refractivity contribution is 7.20. The lowest BCUT2D eigenvalue weighted by atomic mass is 10.1. The lowest BCUT2D eigenvalue weighted by Crippen LogP contribution is -2.28. The molecule has 0 aliphatic heterocycles. The molecule has 2 aromatic carbocycles. The van der Waals surface area contributed by atoms with Crippen molar-refractivity contribution in [2.45, 2.75) is 26.8 Å². The van der Waals surface area contributed by atoms with Gasteiger partial charge in [-0.1, -0.05) is 42.5 Å². The minimum atomic E-state index is -0.504. The molecule has 0 fully saturated rings. The molecule has 0 radical (unpaired) electrons. The largest absolute Gasteiger partial charge is 0.461 e. The van der Waals surface area contributed by atoms with Crippen molar-refractivity contribution in [2.24, 2.45) is 0 Å². The van der Waals surface area contributed by atoms with Gasteiger partial charge in [-0.15, -0.1) is 11.3 Å². The molecule has 2 heterocycles. The number of carbonyl (C=O) groups is 3. The van der Waals surface area contributed by atoms with Crippen molar-refractivity contribution < 1.29 is 19.1 Å². The van der Waals surface area contributed by atoms with Crippen LogP contribution in [0.5, 0.6) is 0 Å². The average molecular weight is 490 g/mol. The molecule has 8 nitrogen and oxygen atoms in total. The fourth-order valence-electron chi connectivity index (χ4n) is 3.61. The van der Waals surface area contributed by atoms with Crippen molar-refractivity contribution >= 4 is 44.9 Å². The third-order valence-electron chi connectivity index (χ3n) is 5.44. The number of hydrogen-bond donors (Lipinski definition) is 1. The van der Waals surface area contributed by atoms with Gasteiger partial charge in [-0.2, -0.15) is 0 Å². The highest BCUT2D eigenvalue weighted by Gasteiger charge is 2.21. The monoisotopic (exact) mass is 489 g/mol. The molecule has 0 unspecified atom stereocenters. The topological polar surface area (TPSA) is 107 Å². The number of Topliss-reactive ketones (excluding diaryl/α,β-unsaturated/α-hetero) is 1. The van der Waals surface area contributed by atoms with Crippen molar-refractivity contribution in [1.82, 2.24) is 9.55 Å². The summed E-state index contributed by atoms with van der Waals surface area (Å²) >= 11 is 1.10. The molecule has 0 aliphatic carbocycles. The van der Waals surface area contributed by atoms with Crippen LogP contribution in [0.4, 0.5) is 5.69 Å². The predicted octanol–water partition coefficient (Wildman–Crippen LogP) is 4.01. The van der Waals surface area contributed by atoms with Crippen molar-refractivity contribution in [3.05, 3.63) is 92.8 Å². The molecule has 0 bridgehead atoms. The van der Waals surface area contributed by atoms with Crippen LogP contribution in [0.2, 0.25) is 0 Å². The summed E-state index contributed by atoms with van der Waals surface area (Å²) in [6.07, 6.45) is 1.88. The minimum absolute atomic E-state index is 0.116. The molecule has 4 rings (SSSR count). The van der Waals surface area contributed by atoms with Crippen LogP contribution in [0, 0.1) is 6.92 Å². The molecular weight excluding hydrogens is 466 g/mol. The predicted molar refractivity (Wildman–Crippen MR) is 134 cm³/mol. The summed E-state index contributed by atoms with van der Waals surface area (Å²) in [6, 6.07) is 16.2. The molecule has 0 saturated heterocycles. The van der Waals surface area contributed by atoms with Crippen molar-refractivity contribution in [3.63, 3.8) is 0 Å². The molecule has 4 aromatic rings. The second-order valence-corrected chi connectivity index (χ2v) is 8.97. The molecular formula is C26H23N3O5S. The molecule has 0 atom stereocenters. The Labute approximate surface area is 205 Å². The molecule has 178 valence electrons. The number of hydrogen-bond acceptors (Lipinski definition) is 7. The fraction of sp³-hybridized carbons (Fsp3) is 0.192. The van der Waals surface area contributed by atoms with Crippen LogP contribution >= 0.6 is 11.3 Å². The Morgan fingerprint density at radius 1 is 1.09 bits per heavy atom. The first-order valence-electron chi connectivity index (χ1n) is 10.9. The fourth-order valence-corrected chi connectivity index (χ4v) is 4.64. The van der Waals surface area contributed by atoms with Gasteiger partial charge in [-0.25, -0.2) is 9.78 Å². The average Bonchev–Trinajstić information content (AvgIpc) is 3.18. The summed E-state index contributed by atoms with van der Waals surface area (Å²) in [5.41, 5.74) is 2.05. The number of aromatic nitrogens is 2. The molecule has 0 aliphatic rings. The first kappa shape index (κ1) is 24.0. The number of benzene rings is 2. The van der Waals surface area contributed by atoms with Crippen LogP contribution in [-0.4, -0.2) is 33.8 Å². The maximum absolute atomic E-state index is 13.1. The number of ether oxygens (including phenoxy) is 1. The quantitative estimate of drug-likeness (QED) is 0.296. The second-order valence-electron chi connectivity index (χ2n) is 7.97. The Hall–Kier alpha value is -4.11. The zero-order valence-electron chi connectivity index (χ0n) is 19.2. The number of nitrogens with one attached hydrogen (secondary N) is 1. The van der Waals surface area contributed by atoms with Gasteiger partial charge < -0.3 is 10.1 Å². The molecule has 1 N–H and O–H groups in total. The van der Waals surface area contributed by atoms with Crippen molar-refractivity contribution in [2.75, 3.05) is 11.9 Å². The third kappa shape index (κ3) is 5.52. The summed E-state index contributed by atoms with van der Waals surface area (Å²) in [5.74, 6) is -1.06. The normalized spacial score (nSPS) is 10.8. The Kier molecular flexibility index (Phi) is 7.17. The van der Waals surface area contributed by atoms with Crippen LogP contribution in [0.25, 0.3) is 10.2 Å². The number of thiophene rings is 1. The molecule has 0 saturated carbocycles. The summed E-state index contributed by atoms with van der Waals surface area (Å²) < 4.78 is 6.61. The van der Waals surface area contributed by atoms with Gasteiger partial charge in [-0.05, 0) is 37.1 Å². The van der Waals surface area contributed by atoms with E-state index < -0.39 is 17.4 Å². The van der Waals surface area contributed by atoms with E-state index in [1.807, 2.05) is 30.3 Å². The Morgan fingerprint density at radius 2 is 1.86 bits per heavy atom. The van der Waals surface area contributed by atoms with E-state index in [4.69, 9.17) is 4.74 Å². The van der Waals surface area contributed by atoms with Gasteiger partial charge in [0.1, 0.15) is 16.3 Å². The Morgan fingerprint density at radius 3 is 2.60 bits per heavy atom. The minimum Gasteiger partial charge on any atom is -0.461 e. The van der Waals surface area contributed by atoms with E-state index in [-0.39, 0.29) is 18.9 Å². The SMILES string of the molecule is CC(=O)c1cccc(NC(=O)Cn2cnc3sc(C(=O)OCCc4ccccc4)c(C)c3c2=O)c1. The lowest BCUT2D eigenvalue weighted by molar-refractivity contribution is -0.116. The van der Waals surface area contributed by atoms with Gasteiger partial charge in [0, 0.05) is 17.7 Å². The number of carbonyl (C=O) groups excluding carboxylic acids is 3. The molecule has 1 amide bonds. The number of anilines is 1. The van der Waals surface area contributed by atoms with Gasteiger partial charge in [0.2, 0.25) is 5.91 Å². The van der Waals surface area contributed by atoms with E-state index in [1.165, 1.54) is 17.8 Å². The van der Waals surface area contributed by atoms with Gasteiger partial charge >= 0.3 is 5.97 Å². The first-order chi connectivity index (χ1) is 16.8. The van der Waals surface area contributed by atoms with E-state index in [1.54, 1.807) is 31.2 Å². The highest BCUT2D eigenvalue weighted by atomic mass is 32.1. The van der Waals surface area contributed by atoms with E-state index in [0.29, 0.717) is 38.3 Å². The van der Waals surface area contributed by atoms with E-state index in [0.717, 1.165) is 16.9 Å². The summed E-state index contributed by atoms with van der Waals surface area (Å²) in [6.45, 7) is 3.07. The van der Waals surface area contributed by atoms with E-state index >= 15 is 0 Å². The van der Waals surface area contributed by atoms with Gasteiger partial charge in [-0.3, -0.25) is 19.0 Å². The number of amides is 1. The Balaban J connectivity index is 1.47. The zero-order valence-corrected chi connectivity index (χ0v) is 20.1. The van der Waals surface area contributed by atoms with Gasteiger partial charge in [0.25, 0.3) is 5.56 Å². The van der Waals surface area contributed by atoms with Crippen molar-refractivity contribution in [3.8, 4) is 0 Å². The maximum Gasteiger partial charge on any atom is 0.348 e. The van der Waals surface area contributed by atoms with Crippen LogP contribution in [-0.2, 0) is 22.5 Å². The van der Waals surface area contributed by atoms with Crippen LogP contribution in [0.15, 0.2) is 65.7 Å². The third-order valence-corrected chi connectivity index (χ3v) is 6.62. The number of ketones is 1. The molecule has 35 heavy (non-hydrogen) atoms. The number of esters is 1. The number of fused-ring (bicyclic) bond motifs is 1. The molecule has 0 spiro atoms. The lowest BCUT2D eigenvalue weighted by Gasteiger charge is -2.08. The molecule has 2 aromatic heterocycles. The van der Waals surface area contributed by atoms with Crippen molar-refractivity contribution in [1.29, 1.82) is 0 Å². The Bertz CT molecular complexity index is 1470. The van der Waals surface area contributed by atoms with Gasteiger partial charge in [0.15, 0.2) is 5.78 Å². The zero-order chi connectivity index (χ0) is 24.9. The van der Waals surface area contributed by atoms with Crippen LogP contribution in [0.1, 0.15) is 38.1 Å². The first-order valence-corrected chi connectivity index (χ1v) is 11.8. The van der Waals surface area contributed by atoms with E-state index in [9.17, 15) is 19.2 Å². The summed E-state index contributed by atoms with van der Waals surface area (Å²) in [7, 11) is 0. The second kappa shape index (κ2) is 10.4. The highest BCUT2D eigenvalue weighted by Crippen LogP contribution is 2.27. The number of rotatable bonds is 8. The summed E-state index contributed by atoms with van der Waals surface area (Å²) in [4.78, 5) is 54.8. The van der Waals surface area contributed by atoms with Crippen LogP contribution < -0.4 is 10.9 Å². The standard InChI is InChI=1S/C26H23N3O5S/c1-16-22-24(35-23(16)26(33)34-12-11-18-7-4-3-5-8-18)27-15-29(25(22)32)14-21(31)28-20-10-6-9-19(13-20)17(2)30/h3-10,13,15H,11-12,14H2,1-2H3,(H,28,31). The maximum atomic E-state index is 13.1. The smallest absolute Gasteiger partial charge is 0.348 e. The number of nitrogens with zero attached hydrogens (tertiary/aromatic N) is 2. The van der Waals surface area contributed by atoms with Crippen LogP contribution in [0.3, 0.4) is 0 Å². The van der Waals surface area contributed by atoms with E-state index in [2.05, 4.69) is 10.3 Å². The molecule has 9 heteroatoms. The number of aryl methyl sites for hydroxylation is 1. The van der Waals surface area contributed by atoms with Gasteiger partial charge in [0.05, 0.1) is 18.3 Å². The summed E-state index contributed by atoms with van der Waals surface area (Å²) in [5, 5.41) is 2.98.